The highest BCUT2D eigenvalue weighted by Gasteiger charge is 2.26. The zero-order valence-electron chi connectivity index (χ0n) is 13.2. The molecule has 0 spiro atoms. The lowest BCUT2D eigenvalue weighted by Gasteiger charge is -2.26. The van der Waals surface area contributed by atoms with Crippen LogP contribution in [0.3, 0.4) is 0 Å². The first-order chi connectivity index (χ1) is 9.87. The van der Waals surface area contributed by atoms with Crippen LogP contribution in [0.1, 0.15) is 44.3 Å². The lowest BCUT2D eigenvalue weighted by molar-refractivity contribution is 0.319. The summed E-state index contributed by atoms with van der Waals surface area (Å²) in [7, 11) is 0. The van der Waals surface area contributed by atoms with E-state index in [-0.39, 0.29) is 11.2 Å². The highest BCUT2D eigenvalue weighted by Crippen LogP contribution is 2.29. The van der Waals surface area contributed by atoms with E-state index >= 15 is 0 Å². The molecule has 1 atom stereocenters. The lowest BCUT2D eigenvalue weighted by Crippen LogP contribution is -2.32. The Morgan fingerprint density at radius 3 is 2.62 bits per heavy atom. The van der Waals surface area contributed by atoms with Gasteiger partial charge in [-0.25, -0.2) is 4.39 Å². The SMILES string of the molecule is Cc1ccc(C(C)(C)C[C@H](C)NCc2cccc(F)c2)o1. The van der Waals surface area contributed by atoms with Gasteiger partial charge in [-0.2, -0.15) is 0 Å². The molecule has 0 amide bonds. The molecule has 2 aromatic rings. The maximum Gasteiger partial charge on any atom is 0.123 e. The zero-order chi connectivity index (χ0) is 15.5. The van der Waals surface area contributed by atoms with E-state index in [1.165, 1.54) is 6.07 Å². The van der Waals surface area contributed by atoms with Crippen molar-refractivity contribution < 1.29 is 8.81 Å². The summed E-state index contributed by atoms with van der Waals surface area (Å²) in [6, 6.07) is 11.1. The van der Waals surface area contributed by atoms with Gasteiger partial charge in [0.25, 0.3) is 0 Å². The third-order valence-corrected chi connectivity index (χ3v) is 3.77. The number of halogens is 1. The van der Waals surface area contributed by atoms with Gasteiger partial charge in [0.2, 0.25) is 0 Å². The van der Waals surface area contributed by atoms with E-state index in [4.69, 9.17) is 4.42 Å². The van der Waals surface area contributed by atoms with Crippen molar-refractivity contribution in [1.29, 1.82) is 0 Å². The number of nitrogens with one attached hydrogen (secondary N) is 1. The standard InChI is InChI=1S/C18H24FNO/c1-13(20-12-15-6-5-7-16(19)10-15)11-18(3,4)17-9-8-14(2)21-17/h5-10,13,20H,11-12H2,1-4H3/t13-/m0/s1. The molecular formula is C18H24FNO. The number of benzene rings is 1. The van der Waals surface area contributed by atoms with Crippen molar-refractivity contribution in [3.8, 4) is 0 Å². The largest absolute Gasteiger partial charge is 0.466 e. The van der Waals surface area contributed by atoms with Gasteiger partial charge in [0.1, 0.15) is 17.3 Å². The maximum atomic E-state index is 13.1. The molecule has 1 N–H and O–H groups in total. The Labute approximate surface area is 126 Å². The first kappa shape index (κ1) is 15.8. The van der Waals surface area contributed by atoms with Crippen LogP contribution in [0, 0.1) is 12.7 Å². The summed E-state index contributed by atoms with van der Waals surface area (Å²) in [6.45, 7) is 9.16. The molecule has 114 valence electrons. The molecule has 3 heteroatoms. The first-order valence-electron chi connectivity index (χ1n) is 7.41. The fourth-order valence-electron chi connectivity index (χ4n) is 2.68. The van der Waals surface area contributed by atoms with E-state index in [1.807, 2.05) is 19.1 Å². The molecule has 0 saturated heterocycles. The molecule has 0 aliphatic heterocycles. The predicted molar refractivity (Wildman–Crippen MR) is 83.8 cm³/mol. The van der Waals surface area contributed by atoms with E-state index in [0.717, 1.165) is 23.5 Å². The molecule has 21 heavy (non-hydrogen) atoms. The highest BCUT2D eigenvalue weighted by atomic mass is 19.1. The van der Waals surface area contributed by atoms with Crippen LogP contribution in [0.2, 0.25) is 0 Å². The third kappa shape index (κ3) is 4.43. The molecule has 0 saturated carbocycles. The molecule has 2 nitrogen and oxygen atoms in total. The van der Waals surface area contributed by atoms with Gasteiger partial charge in [0, 0.05) is 18.0 Å². The molecule has 1 heterocycles. The highest BCUT2D eigenvalue weighted by molar-refractivity contribution is 5.17. The average Bonchev–Trinajstić information content (AvgIpc) is 2.84. The van der Waals surface area contributed by atoms with E-state index in [9.17, 15) is 4.39 Å². The molecule has 0 fully saturated rings. The molecule has 0 bridgehead atoms. The number of hydrogen-bond acceptors (Lipinski definition) is 2. The molecule has 1 aromatic heterocycles. The Bertz CT molecular complexity index is 588. The molecular weight excluding hydrogens is 265 g/mol. The number of rotatable bonds is 6. The molecule has 0 aliphatic rings. The van der Waals surface area contributed by atoms with Crippen LogP contribution in [0.4, 0.5) is 4.39 Å². The molecule has 2 rings (SSSR count). The molecule has 1 aromatic carbocycles. The van der Waals surface area contributed by atoms with Crippen LogP contribution in [0.15, 0.2) is 40.8 Å². The van der Waals surface area contributed by atoms with Crippen molar-refractivity contribution in [2.45, 2.75) is 52.1 Å². The van der Waals surface area contributed by atoms with Gasteiger partial charge in [-0.15, -0.1) is 0 Å². The summed E-state index contributed by atoms with van der Waals surface area (Å²) in [5, 5.41) is 3.45. The molecule has 0 unspecified atom stereocenters. The van der Waals surface area contributed by atoms with Crippen molar-refractivity contribution >= 4 is 0 Å². The summed E-state index contributed by atoms with van der Waals surface area (Å²) in [5.41, 5.74) is 0.941. The van der Waals surface area contributed by atoms with Crippen LogP contribution < -0.4 is 5.32 Å². The van der Waals surface area contributed by atoms with Gasteiger partial charge >= 0.3 is 0 Å². The average molecular weight is 289 g/mol. The summed E-state index contributed by atoms with van der Waals surface area (Å²) < 4.78 is 18.9. The monoisotopic (exact) mass is 289 g/mol. The Morgan fingerprint density at radius 1 is 1.24 bits per heavy atom. The van der Waals surface area contributed by atoms with E-state index < -0.39 is 0 Å². The minimum Gasteiger partial charge on any atom is -0.466 e. The Balaban J connectivity index is 1.90. The predicted octanol–water partition coefficient (Wildman–Crippen LogP) is 4.57. The molecule has 0 aliphatic carbocycles. The molecule has 0 radical (unpaired) electrons. The lowest BCUT2D eigenvalue weighted by atomic mass is 9.83. The second kappa shape index (κ2) is 6.44. The van der Waals surface area contributed by atoms with Gasteiger partial charge in [0.15, 0.2) is 0 Å². The van der Waals surface area contributed by atoms with E-state index in [0.29, 0.717) is 12.6 Å². The van der Waals surface area contributed by atoms with Crippen LogP contribution in [-0.2, 0) is 12.0 Å². The van der Waals surface area contributed by atoms with Crippen LogP contribution >= 0.6 is 0 Å². The Morgan fingerprint density at radius 2 is 2.00 bits per heavy atom. The van der Waals surface area contributed by atoms with Crippen LogP contribution in [0.25, 0.3) is 0 Å². The van der Waals surface area contributed by atoms with Gasteiger partial charge in [-0.1, -0.05) is 26.0 Å². The van der Waals surface area contributed by atoms with Crippen molar-refractivity contribution in [3.05, 3.63) is 59.3 Å². The summed E-state index contributed by atoms with van der Waals surface area (Å²) in [5.74, 6) is 1.77. The van der Waals surface area contributed by atoms with Gasteiger partial charge < -0.3 is 9.73 Å². The quantitative estimate of drug-likeness (QED) is 0.842. The number of hydrogen-bond donors (Lipinski definition) is 1. The van der Waals surface area contributed by atoms with Crippen LogP contribution in [-0.4, -0.2) is 6.04 Å². The Hall–Kier alpha value is -1.61. The van der Waals surface area contributed by atoms with Gasteiger partial charge in [-0.05, 0) is 50.1 Å². The van der Waals surface area contributed by atoms with Crippen molar-refractivity contribution in [2.75, 3.05) is 0 Å². The van der Waals surface area contributed by atoms with Crippen molar-refractivity contribution in [1.82, 2.24) is 5.32 Å². The summed E-state index contributed by atoms with van der Waals surface area (Å²) in [4.78, 5) is 0. The van der Waals surface area contributed by atoms with Gasteiger partial charge in [-0.3, -0.25) is 0 Å². The van der Waals surface area contributed by atoms with Crippen molar-refractivity contribution in [2.24, 2.45) is 0 Å². The van der Waals surface area contributed by atoms with Crippen LogP contribution in [0.5, 0.6) is 0 Å². The van der Waals surface area contributed by atoms with E-state index in [1.54, 1.807) is 12.1 Å². The zero-order valence-corrected chi connectivity index (χ0v) is 13.2. The second-order valence-electron chi connectivity index (χ2n) is 6.41. The first-order valence-corrected chi connectivity index (χ1v) is 7.41. The summed E-state index contributed by atoms with van der Waals surface area (Å²) >= 11 is 0. The van der Waals surface area contributed by atoms with Crippen molar-refractivity contribution in [3.63, 3.8) is 0 Å². The minimum absolute atomic E-state index is 0.0252. The Kier molecular flexibility index (Phi) is 4.84. The van der Waals surface area contributed by atoms with Gasteiger partial charge in [0.05, 0.1) is 0 Å². The number of aryl methyl sites for hydroxylation is 1. The minimum atomic E-state index is -0.187. The van der Waals surface area contributed by atoms with E-state index in [2.05, 4.69) is 32.2 Å². The normalized spacial score (nSPS) is 13.4. The third-order valence-electron chi connectivity index (χ3n) is 3.77. The topological polar surface area (TPSA) is 25.2 Å². The number of furan rings is 1. The fourth-order valence-corrected chi connectivity index (χ4v) is 2.68. The second-order valence-corrected chi connectivity index (χ2v) is 6.41. The smallest absolute Gasteiger partial charge is 0.123 e. The summed E-state index contributed by atoms with van der Waals surface area (Å²) in [6.07, 6.45) is 0.954. The maximum absolute atomic E-state index is 13.1. The fraction of sp³-hybridized carbons (Fsp3) is 0.444.